The van der Waals surface area contributed by atoms with E-state index in [4.69, 9.17) is 0 Å². The maximum atomic E-state index is 11.6. The van der Waals surface area contributed by atoms with Gasteiger partial charge < -0.3 is 44.3 Å². The summed E-state index contributed by atoms with van der Waals surface area (Å²) in [4.78, 5) is 28.6. The molecule has 0 heterocycles. The van der Waals surface area contributed by atoms with E-state index in [1.807, 2.05) is 0 Å². The van der Waals surface area contributed by atoms with Gasteiger partial charge in [0.1, 0.15) is 99.0 Å². The Balaban J connectivity index is 0.000000259. The van der Waals surface area contributed by atoms with Gasteiger partial charge in [-0.3, -0.25) is 30.3 Å². The van der Waals surface area contributed by atoms with Gasteiger partial charge in [0, 0.05) is 138 Å². The van der Waals surface area contributed by atoms with Crippen LogP contribution < -0.4 is 88.7 Å². The molecule has 0 saturated heterocycles. The van der Waals surface area contributed by atoms with Crippen LogP contribution in [0.15, 0.2) is 227 Å². The predicted octanol–water partition coefficient (Wildman–Crippen LogP) is 4.90. The molecule has 6 N–H and O–H groups in total. The van der Waals surface area contributed by atoms with Gasteiger partial charge in [0.25, 0.3) is 17.1 Å². The number of phenolic OH excluding ortho intramolecular Hbond substituents is 6. The third kappa shape index (κ3) is 17.3. The molecule has 12 aromatic rings. The minimum absolute atomic E-state index is 0. The van der Waals surface area contributed by atoms with E-state index < -0.39 is 94.1 Å². The molecule has 0 aromatic heterocycles. The van der Waals surface area contributed by atoms with Crippen molar-refractivity contribution in [1.82, 2.24) is 0 Å². The first-order valence-electron chi connectivity index (χ1n) is 26.1. The summed E-state index contributed by atoms with van der Waals surface area (Å²) in [5.41, 5.74) is -1.68. The molecule has 0 aliphatic rings. The third-order valence-electron chi connectivity index (χ3n) is 13.9. The summed E-state index contributed by atoms with van der Waals surface area (Å²) in [5.74, 6) is -2.54. The summed E-state index contributed by atoms with van der Waals surface area (Å²) in [6, 6.07) is 41.9. The second kappa shape index (κ2) is 32.6. The van der Waals surface area contributed by atoms with E-state index in [0.717, 1.165) is 52.6 Å². The van der Waals surface area contributed by atoms with Gasteiger partial charge >= 0.3 is 88.7 Å². The SMILES string of the molecule is O=[N+]([O-])c1ccc2c(N=Nc3c(O)ccc4ccccc34)c(O)cc(S(=O)(=O)[O-])c2c1.O=[N+]([O-])c1ccc2c(N=Nc3c(O)ccc4ccccc34)c(O)cc(S(=O)(=O)[O-])c2c1.O=[N+]([O-])c1ccc2c(N=Nc3c(O)ccc4ccccc34)c(O)cc(S(=O)(=O)[O-])c2c1.[Cr].[Cr].[Na+].[Na+].[Na+]. The number of hydrogen-bond acceptors (Lipinski definition) is 27. The Morgan fingerprint density at radius 3 is 0.704 bits per heavy atom. The van der Waals surface area contributed by atoms with Gasteiger partial charge in [0.2, 0.25) is 0 Å². The maximum Gasteiger partial charge on any atom is 1.00 e. The molecule has 0 bridgehead atoms. The number of phenols is 6. The molecule has 0 aliphatic carbocycles. The van der Waals surface area contributed by atoms with Gasteiger partial charge in [0.05, 0.1) is 29.5 Å². The van der Waals surface area contributed by atoms with Gasteiger partial charge in [-0.15, -0.1) is 30.7 Å². The molecule has 0 aliphatic heterocycles. The van der Waals surface area contributed by atoms with Crippen molar-refractivity contribution in [2.75, 3.05) is 0 Å². The fraction of sp³-hybridized carbons (Fsp3) is 0. The van der Waals surface area contributed by atoms with Crippen LogP contribution in [-0.2, 0) is 65.1 Å². The maximum absolute atomic E-state index is 11.6. The van der Waals surface area contributed by atoms with Crippen LogP contribution in [0.25, 0.3) is 64.6 Å². The fourth-order valence-corrected chi connectivity index (χ4v) is 11.8. The Labute approximate surface area is 639 Å². The van der Waals surface area contributed by atoms with Crippen LogP contribution in [0, 0.1) is 30.3 Å². The first-order chi connectivity index (χ1) is 44.0. The number of aromatic hydroxyl groups is 6. The van der Waals surface area contributed by atoms with Gasteiger partial charge in [-0.2, -0.15) is 0 Å². The van der Waals surface area contributed by atoms with Gasteiger partial charge in [0.15, 0.2) is 0 Å². The second-order valence-corrected chi connectivity index (χ2v) is 23.7. The topological polar surface area (TPSA) is 497 Å². The zero-order chi connectivity index (χ0) is 67.0. The molecule has 480 valence electrons. The Morgan fingerprint density at radius 1 is 0.276 bits per heavy atom. The van der Waals surface area contributed by atoms with Gasteiger partial charge in [-0.1, -0.05) is 91.0 Å². The van der Waals surface area contributed by atoms with Crippen molar-refractivity contribution in [3.8, 4) is 34.5 Å². The number of fused-ring (bicyclic) bond motifs is 6. The molecule has 30 nitrogen and oxygen atoms in total. The van der Waals surface area contributed by atoms with Crippen LogP contribution in [-0.4, -0.2) is 84.3 Å². The second-order valence-electron chi connectivity index (χ2n) is 19.6. The zero-order valence-corrected chi connectivity index (χ0v) is 61.2. The Kier molecular flexibility index (Phi) is 26.8. The normalized spacial score (nSPS) is 11.4. The summed E-state index contributed by atoms with van der Waals surface area (Å²) in [6.07, 6.45) is 0. The summed E-state index contributed by atoms with van der Waals surface area (Å²) >= 11 is 0. The number of nitrogens with zero attached hydrogens (tertiary/aromatic N) is 9. The van der Waals surface area contributed by atoms with Gasteiger partial charge in [-0.05, 0) is 52.6 Å². The van der Waals surface area contributed by atoms with Crippen LogP contribution in [0.5, 0.6) is 34.5 Å². The van der Waals surface area contributed by atoms with Crippen LogP contribution in [0.1, 0.15) is 0 Å². The Bertz CT molecular complexity index is 5130. The van der Waals surface area contributed by atoms with E-state index in [0.29, 0.717) is 34.4 Å². The van der Waals surface area contributed by atoms with Crippen LogP contribution >= 0.6 is 0 Å². The van der Waals surface area contributed by atoms with E-state index in [2.05, 4.69) is 30.7 Å². The molecule has 38 heteroatoms. The number of nitro groups is 3. The van der Waals surface area contributed by atoms with Crippen molar-refractivity contribution in [2.45, 2.75) is 14.7 Å². The van der Waals surface area contributed by atoms with Crippen molar-refractivity contribution in [3.05, 3.63) is 212 Å². The standard InChI is InChI=1S/3C20H13N3O7S.2Cr.3Na/c3*24-16-8-5-11-3-1-2-4-13(11)19(16)21-22-20-14-7-6-12(23(26)27)9-15(14)18(10-17(20)25)31(28,29)30;;;;;/h3*1-10,24-25H,(H,28,29,30);;;;;/q;;;;;3*+1/p-3. The molecule has 0 atom stereocenters. The third-order valence-corrected chi connectivity index (χ3v) is 16.6. The quantitative estimate of drug-likeness (QED) is 0.0311. The monoisotopic (exact) mass is 1490 g/mol. The summed E-state index contributed by atoms with van der Waals surface area (Å²) in [5, 5.41) is 122. The van der Waals surface area contributed by atoms with Crippen LogP contribution in [0.3, 0.4) is 0 Å². The first kappa shape index (κ1) is 80.5. The average molecular weight is 1490 g/mol. The molecular formula is C60H36Cr2N9Na3O21S3. The summed E-state index contributed by atoms with van der Waals surface area (Å²) in [6.45, 7) is 0. The van der Waals surface area contributed by atoms with Crippen molar-refractivity contribution < 1.29 is 208 Å². The molecule has 12 rings (SSSR count). The number of non-ortho nitro benzene ring substituents is 3. The molecule has 0 unspecified atom stereocenters. The van der Waals surface area contributed by atoms with E-state index >= 15 is 0 Å². The molecule has 0 fully saturated rings. The summed E-state index contributed by atoms with van der Waals surface area (Å²) < 4.78 is 105. The van der Waals surface area contributed by atoms with Crippen LogP contribution in [0.4, 0.5) is 51.2 Å². The van der Waals surface area contributed by atoms with Crippen molar-refractivity contribution in [1.29, 1.82) is 0 Å². The molecular weight excluding hydrogens is 1450 g/mol. The molecule has 0 amide bonds. The van der Waals surface area contributed by atoms with Crippen molar-refractivity contribution >= 4 is 146 Å². The van der Waals surface area contributed by atoms with Gasteiger partial charge in [-0.25, -0.2) is 25.3 Å². The molecule has 0 spiro atoms. The Hall–Kier alpha value is -8.21. The molecule has 12 aromatic carbocycles. The average Bonchev–Trinajstić information content (AvgIpc) is 0.770. The van der Waals surface area contributed by atoms with E-state index in [-0.39, 0.29) is 207 Å². The van der Waals surface area contributed by atoms with E-state index in [1.165, 1.54) is 36.4 Å². The number of hydrogen-bond donors (Lipinski definition) is 6. The Morgan fingerprint density at radius 2 is 0.490 bits per heavy atom. The van der Waals surface area contributed by atoms with E-state index in [9.17, 15) is 99.9 Å². The number of rotatable bonds is 12. The minimum Gasteiger partial charge on any atom is -0.744 e. The fourth-order valence-electron chi connectivity index (χ4n) is 9.68. The van der Waals surface area contributed by atoms with E-state index in [1.54, 1.807) is 91.0 Å². The van der Waals surface area contributed by atoms with Crippen molar-refractivity contribution in [2.24, 2.45) is 30.7 Å². The number of azo groups is 3. The molecule has 0 radical (unpaired) electrons. The molecule has 98 heavy (non-hydrogen) atoms. The predicted molar refractivity (Wildman–Crippen MR) is 330 cm³/mol. The number of nitro benzene ring substituents is 3. The zero-order valence-electron chi connectivity index (χ0n) is 50.2. The molecule has 0 saturated carbocycles. The largest absolute Gasteiger partial charge is 1.00 e. The van der Waals surface area contributed by atoms with Crippen LogP contribution in [0.2, 0.25) is 0 Å². The smallest absolute Gasteiger partial charge is 0.744 e. The first-order valence-corrected chi connectivity index (χ1v) is 30.3. The minimum atomic E-state index is -5.06. The van der Waals surface area contributed by atoms with Crippen molar-refractivity contribution in [3.63, 3.8) is 0 Å². The number of benzene rings is 12. The summed E-state index contributed by atoms with van der Waals surface area (Å²) in [7, 11) is -15.2.